The summed E-state index contributed by atoms with van der Waals surface area (Å²) >= 11 is 0. The Balaban J connectivity index is 3.64. The van der Waals surface area contributed by atoms with Gasteiger partial charge in [0.2, 0.25) is 0 Å². The van der Waals surface area contributed by atoms with Crippen molar-refractivity contribution < 1.29 is 14.9 Å². The molecule has 0 fully saturated rings. The summed E-state index contributed by atoms with van der Waals surface area (Å²) < 4.78 is 4.99. The highest BCUT2D eigenvalue weighted by Crippen LogP contribution is 2.13. The molecule has 0 aliphatic carbocycles. The van der Waals surface area contributed by atoms with Crippen LogP contribution >= 0.6 is 0 Å². The maximum absolute atomic E-state index is 10.7. The predicted molar refractivity (Wildman–Crippen MR) is 44.7 cm³/mol. The van der Waals surface area contributed by atoms with E-state index in [0.717, 1.165) is 0 Å². The molecule has 0 saturated heterocycles. The first-order valence-corrected chi connectivity index (χ1v) is 3.94. The molecule has 0 aromatic heterocycles. The Morgan fingerprint density at radius 3 is 2.23 bits per heavy atom. The van der Waals surface area contributed by atoms with Crippen molar-refractivity contribution >= 4 is 11.8 Å². The lowest BCUT2D eigenvalue weighted by atomic mass is 9.95. The van der Waals surface area contributed by atoms with Crippen LogP contribution in [0.5, 0.6) is 0 Å². The second-order valence-electron chi connectivity index (χ2n) is 3.44. The lowest BCUT2D eigenvalue weighted by molar-refractivity contribution is -0.234. The summed E-state index contributed by atoms with van der Waals surface area (Å²) in [6, 6.07) is 0. The maximum atomic E-state index is 10.7. The van der Waals surface area contributed by atoms with E-state index in [2.05, 4.69) is 0 Å². The van der Waals surface area contributed by atoms with E-state index in [4.69, 9.17) is 15.6 Å². The third kappa shape index (κ3) is 5.19. The second kappa shape index (κ2) is 4.81. The highest BCUT2D eigenvalue weighted by atomic mass is 16.5. The van der Waals surface area contributed by atoms with Crippen LogP contribution in [-0.2, 0) is 4.74 Å². The summed E-state index contributed by atoms with van der Waals surface area (Å²) in [5.41, 5.74) is -0.828. The van der Waals surface area contributed by atoms with Gasteiger partial charge in [-0.15, -0.1) is 0 Å². The van der Waals surface area contributed by atoms with Crippen molar-refractivity contribution in [1.29, 1.82) is 10.8 Å². The largest absolute Gasteiger partial charge is 0.862 e. The standard InChI is InChI=1S/C8H16N2O3/c1-8(2,7(10)12)5-13-4-3-6(9)11/h3-5H2,1-2H3,(H2,9,11)(H2,10,12)/p-2. The molecule has 0 aliphatic rings. The molecule has 0 spiro atoms. The summed E-state index contributed by atoms with van der Waals surface area (Å²) in [4.78, 5) is 0. The number of rotatable bonds is 6. The number of hydrogen-bond acceptors (Lipinski definition) is 5. The number of ether oxygens (including phenoxy) is 1. The van der Waals surface area contributed by atoms with Gasteiger partial charge in [-0.25, -0.2) is 0 Å². The fourth-order valence-electron chi connectivity index (χ4n) is 0.558. The molecule has 5 nitrogen and oxygen atoms in total. The monoisotopic (exact) mass is 186 g/mol. The van der Waals surface area contributed by atoms with E-state index in [1.807, 2.05) is 0 Å². The molecule has 5 heteroatoms. The molecule has 76 valence electrons. The molecule has 2 N–H and O–H groups in total. The van der Waals surface area contributed by atoms with Crippen molar-refractivity contribution in [2.75, 3.05) is 13.2 Å². The quantitative estimate of drug-likeness (QED) is 0.319. The fourth-order valence-corrected chi connectivity index (χ4v) is 0.558. The van der Waals surface area contributed by atoms with Crippen LogP contribution in [0.4, 0.5) is 0 Å². The summed E-state index contributed by atoms with van der Waals surface area (Å²) in [6.45, 7) is 3.46. The Morgan fingerprint density at radius 1 is 1.31 bits per heavy atom. The first kappa shape index (κ1) is 11.9. The molecule has 0 unspecified atom stereocenters. The van der Waals surface area contributed by atoms with E-state index in [0.29, 0.717) is 0 Å². The Kier molecular flexibility index (Phi) is 4.40. The smallest absolute Gasteiger partial charge is 0.0560 e. The van der Waals surface area contributed by atoms with Crippen molar-refractivity contribution in [2.24, 2.45) is 5.41 Å². The molecule has 0 saturated carbocycles. The van der Waals surface area contributed by atoms with Crippen molar-refractivity contribution in [1.82, 2.24) is 0 Å². The first-order chi connectivity index (χ1) is 5.86. The van der Waals surface area contributed by atoms with Gasteiger partial charge in [-0.1, -0.05) is 13.8 Å². The summed E-state index contributed by atoms with van der Waals surface area (Å²) in [5, 5.41) is 34.3. The second-order valence-corrected chi connectivity index (χ2v) is 3.44. The first-order valence-electron chi connectivity index (χ1n) is 3.94. The SMILES string of the molecule is CC(C)(COCCC(=N)[O-])C(=N)[O-]. The lowest BCUT2D eigenvalue weighted by Gasteiger charge is -2.29. The number of hydrogen-bond donors (Lipinski definition) is 2. The van der Waals surface area contributed by atoms with E-state index in [-0.39, 0.29) is 19.6 Å². The van der Waals surface area contributed by atoms with Gasteiger partial charge < -0.3 is 25.8 Å². The normalized spacial score (nSPS) is 11.2. The van der Waals surface area contributed by atoms with Crippen molar-refractivity contribution in [3.05, 3.63) is 0 Å². The van der Waals surface area contributed by atoms with Crippen LogP contribution in [0.2, 0.25) is 0 Å². The van der Waals surface area contributed by atoms with Gasteiger partial charge in [0.05, 0.1) is 13.2 Å². The Hall–Kier alpha value is -1.10. The van der Waals surface area contributed by atoms with Crippen molar-refractivity contribution in [2.45, 2.75) is 20.3 Å². The topological polar surface area (TPSA) is 103 Å². The van der Waals surface area contributed by atoms with Crippen LogP contribution < -0.4 is 10.2 Å². The molecule has 0 rings (SSSR count). The van der Waals surface area contributed by atoms with Crippen LogP contribution in [0.15, 0.2) is 0 Å². The zero-order valence-electron chi connectivity index (χ0n) is 7.85. The lowest BCUT2D eigenvalue weighted by Crippen LogP contribution is -2.38. The fraction of sp³-hybridized carbons (Fsp3) is 0.750. The number of nitrogens with one attached hydrogen (secondary N) is 2. The van der Waals surface area contributed by atoms with E-state index < -0.39 is 17.2 Å². The minimum Gasteiger partial charge on any atom is -0.862 e. The Labute approximate surface area is 77.4 Å². The summed E-state index contributed by atoms with van der Waals surface area (Å²) in [7, 11) is 0. The molecule has 0 aliphatic heterocycles. The van der Waals surface area contributed by atoms with Crippen molar-refractivity contribution in [3.8, 4) is 0 Å². The zero-order valence-corrected chi connectivity index (χ0v) is 7.85. The van der Waals surface area contributed by atoms with Crippen molar-refractivity contribution in [3.63, 3.8) is 0 Å². The molecule has 0 heterocycles. The van der Waals surface area contributed by atoms with Crippen LogP contribution in [0.3, 0.4) is 0 Å². The highest BCUT2D eigenvalue weighted by molar-refractivity contribution is 5.74. The van der Waals surface area contributed by atoms with Gasteiger partial charge in [0.25, 0.3) is 0 Å². The van der Waals surface area contributed by atoms with E-state index in [1.165, 1.54) is 0 Å². The van der Waals surface area contributed by atoms with Gasteiger partial charge in [0.1, 0.15) is 0 Å². The minimum absolute atomic E-state index is 0.0300. The van der Waals surface area contributed by atoms with E-state index >= 15 is 0 Å². The molecule has 0 aromatic carbocycles. The van der Waals surface area contributed by atoms with Crippen LogP contribution in [0.25, 0.3) is 0 Å². The molecule has 0 radical (unpaired) electrons. The molecule has 0 bridgehead atoms. The molecule has 0 aromatic rings. The van der Waals surface area contributed by atoms with Gasteiger partial charge in [0, 0.05) is 5.41 Å². The predicted octanol–water partition coefficient (Wildman–Crippen LogP) is -0.906. The third-order valence-corrected chi connectivity index (χ3v) is 1.55. The molecular weight excluding hydrogens is 172 g/mol. The van der Waals surface area contributed by atoms with Gasteiger partial charge in [-0.3, -0.25) is 0 Å². The zero-order chi connectivity index (χ0) is 10.5. The van der Waals surface area contributed by atoms with Gasteiger partial charge in [-0.2, -0.15) is 0 Å². The van der Waals surface area contributed by atoms with Gasteiger partial charge in [0.15, 0.2) is 0 Å². The summed E-state index contributed by atoms with van der Waals surface area (Å²) in [6.07, 6.45) is 0.0300. The van der Waals surface area contributed by atoms with Crippen LogP contribution in [-0.4, -0.2) is 25.0 Å². The Bertz CT molecular complexity index is 202. The highest BCUT2D eigenvalue weighted by Gasteiger charge is 2.16. The molecule has 13 heavy (non-hydrogen) atoms. The van der Waals surface area contributed by atoms with Gasteiger partial charge >= 0.3 is 0 Å². The third-order valence-electron chi connectivity index (χ3n) is 1.55. The molecule has 0 amide bonds. The summed E-state index contributed by atoms with van der Waals surface area (Å²) in [5.74, 6) is -1.38. The van der Waals surface area contributed by atoms with Gasteiger partial charge in [-0.05, 0) is 18.2 Å². The van der Waals surface area contributed by atoms with E-state index in [1.54, 1.807) is 13.8 Å². The van der Waals surface area contributed by atoms with Crippen LogP contribution in [0, 0.1) is 16.2 Å². The average Bonchev–Trinajstić information content (AvgIpc) is 1.97. The molecule has 0 atom stereocenters. The van der Waals surface area contributed by atoms with E-state index in [9.17, 15) is 10.2 Å². The minimum atomic E-state index is -0.828. The van der Waals surface area contributed by atoms with Crippen LogP contribution in [0.1, 0.15) is 20.3 Å². The Morgan fingerprint density at radius 2 is 1.85 bits per heavy atom. The average molecular weight is 186 g/mol. The molecular formula is C8H14N2O3-2. The maximum Gasteiger partial charge on any atom is 0.0560 e.